The molecule has 0 radical (unpaired) electrons. The molecule has 0 bridgehead atoms. The molecule has 0 aliphatic rings. The summed E-state index contributed by atoms with van der Waals surface area (Å²) in [7, 11) is 1.61. The fourth-order valence-corrected chi connectivity index (χ4v) is 3.96. The maximum Gasteiger partial charge on any atom is 0.261 e. The Kier molecular flexibility index (Phi) is 5.45. The summed E-state index contributed by atoms with van der Waals surface area (Å²) in [5.41, 5.74) is 2.07. The number of rotatable bonds is 4. The molecule has 0 aromatic heterocycles. The first kappa shape index (κ1) is 18.0. The fourth-order valence-electron chi connectivity index (χ4n) is 2.34. The second-order valence-electron chi connectivity index (χ2n) is 5.78. The van der Waals surface area contributed by atoms with Crippen molar-refractivity contribution < 1.29 is 13.2 Å². The van der Waals surface area contributed by atoms with Gasteiger partial charge in [-0.2, -0.15) is 0 Å². The molecule has 1 unspecified atom stereocenters. The predicted molar refractivity (Wildman–Crippen MR) is 85.5 cm³/mol. The number of carbonyl (C=O) groups is 1. The van der Waals surface area contributed by atoms with E-state index in [4.69, 9.17) is 10.7 Å². The first-order chi connectivity index (χ1) is 9.46. The van der Waals surface area contributed by atoms with Crippen molar-refractivity contribution in [1.29, 1.82) is 0 Å². The van der Waals surface area contributed by atoms with E-state index in [0.29, 0.717) is 16.7 Å². The van der Waals surface area contributed by atoms with Crippen LogP contribution in [0.5, 0.6) is 0 Å². The molecule has 0 heterocycles. The van der Waals surface area contributed by atoms with Crippen LogP contribution in [0.1, 0.15) is 47.8 Å². The summed E-state index contributed by atoms with van der Waals surface area (Å²) in [6.45, 7) is 11.0. The molecule has 1 aromatic carbocycles. The topological polar surface area (TPSA) is 63.2 Å². The second kappa shape index (κ2) is 6.36. The quantitative estimate of drug-likeness (QED) is 0.861. The third-order valence-electron chi connectivity index (χ3n) is 3.73. The van der Waals surface area contributed by atoms with E-state index in [1.54, 1.807) is 26.8 Å². The maximum atomic E-state index is 12.4. The lowest BCUT2D eigenvalue weighted by Gasteiger charge is -2.20. The molecule has 6 heteroatoms. The van der Waals surface area contributed by atoms with Crippen molar-refractivity contribution in [2.45, 2.75) is 52.5 Å². The largest absolute Gasteiger partial charge is 0.349 e. The zero-order chi connectivity index (χ0) is 16.5. The third kappa shape index (κ3) is 3.98. The Morgan fingerprint density at radius 2 is 1.67 bits per heavy atom. The Bertz CT molecular complexity index is 666. The van der Waals surface area contributed by atoms with Crippen LogP contribution in [0.2, 0.25) is 0 Å². The Morgan fingerprint density at radius 3 is 2.10 bits per heavy atom. The van der Waals surface area contributed by atoms with Crippen LogP contribution >= 0.6 is 10.7 Å². The number of nitrogens with one attached hydrogen (secondary N) is 1. The fraction of sp³-hybridized carbons (Fsp3) is 0.533. The van der Waals surface area contributed by atoms with Gasteiger partial charge in [0.25, 0.3) is 15.0 Å². The first-order valence-electron chi connectivity index (χ1n) is 6.83. The minimum atomic E-state index is -3.89. The van der Waals surface area contributed by atoms with Crippen molar-refractivity contribution in [3.8, 4) is 0 Å². The zero-order valence-electron chi connectivity index (χ0n) is 13.2. The van der Waals surface area contributed by atoms with E-state index < -0.39 is 9.05 Å². The molecule has 1 aromatic rings. The van der Waals surface area contributed by atoms with Gasteiger partial charge in [0.1, 0.15) is 0 Å². The van der Waals surface area contributed by atoms with E-state index in [-0.39, 0.29) is 22.8 Å². The lowest BCUT2D eigenvalue weighted by Crippen LogP contribution is -2.37. The molecule has 0 aliphatic heterocycles. The Morgan fingerprint density at radius 1 is 1.14 bits per heavy atom. The number of halogens is 1. The predicted octanol–water partition coefficient (Wildman–Crippen LogP) is 3.31. The van der Waals surface area contributed by atoms with Crippen molar-refractivity contribution in [2.24, 2.45) is 5.92 Å². The molecular weight excluding hydrogens is 310 g/mol. The maximum absolute atomic E-state index is 12.4. The SMILES string of the molecule is Cc1cc(C)c(S(=O)(=O)Cl)c(C)c1C(=O)NC(C)C(C)C. The van der Waals surface area contributed by atoms with Crippen LogP contribution in [0.25, 0.3) is 0 Å². The second-order valence-corrected chi connectivity index (χ2v) is 8.29. The minimum Gasteiger partial charge on any atom is -0.349 e. The van der Waals surface area contributed by atoms with Crippen molar-refractivity contribution >= 4 is 25.6 Å². The van der Waals surface area contributed by atoms with E-state index in [0.717, 1.165) is 5.56 Å². The number of carbonyl (C=O) groups excluding carboxylic acids is 1. The van der Waals surface area contributed by atoms with Gasteiger partial charge in [0.15, 0.2) is 0 Å². The summed E-state index contributed by atoms with van der Waals surface area (Å²) in [4.78, 5) is 12.5. The molecular formula is C15H22ClNO3S. The molecule has 118 valence electrons. The minimum absolute atomic E-state index is 0.00587. The number of amides is 1. The molecule has 1 N–H and O–H groups in total. The van der Waals surface area contributed by atoms with E-state index in [2.05, 4.69) is 5.32 Å². The van der Waals surface area contributed by atoms with Crippen LogP contribution in [-0.4, -0.2) is 20.4 Å². The van der Waals surface area contributed by atoms with Crippen molar-refractivity contribution in [1.82, 2.24) is 5.32 Å². The molecule has 0 aliphatic carbocycles. The van der Waals surface area contributed by atoms with Gasteiger partial charge < -0.3 is 5.32 Å². The van der Waals surface area contributed by atoms with E-state index >= 15 is 0 Å². The van der Waals surface area contributed by atoms with E-state index in [1.807, 2.05) is 20.8 Å². The molecule has 0 saturated carbocycles. The molecule has 1 atom stereocenters. The zero-order valence-corrected chi connectivity index (χ0v) is 14.8. The monoisotopic (exact) mass is 331 g/mol. The summed E-state index contributed by atoms with van der Waals surface area (Å²) < 4.78 is 23.4. The van der Waals surface area contributed by atoms with Gasteiger partial charge in [-0.1, -0.05) is 19.9 Å². The van der Waals surface area contributed by atoms with Crippen LogP contribution in [0.15, 0.2) is 11.0 Å². The van der Waals surface area contributed by atoms with Gasteiger partial charge in [-0.05, 0) is 50.3 Å². The lowest BCUT2D eigenvalue weighted by atomic mass is 9.98. The molecule has 0 fully saturated rings. The van der Waals surface area contributed by atoms with Gasteiger partial charge in [-0.15, -0.1) is 0 Å². The molecule has 21 heavy (non-hydrogen) atoms. The molecule has 0 spiro atoms. The average Bonchev–Trinajstić information content (AvgIpc) is 2.25. The van der Waals surface area contributed by atoms with Gasteiger partial charge in [0.05, 0.1) is 4.90 Å². The normalized spacial score (nSPS) is 13.3. The number of hydrogen-bond donors (Lipinski definition) is 1. The summed E-state index contributed by atoms with van der Waals surface area (Å²) >= 11 is 0. The molecule has 1 amide bonds. The standard InChI is InChI=1S/C15H22ClNO3S/c1-8(2)12(6)17-15(18)13-9(3)7-10(4)14(11(13)5)21(16,19)20/h7-8,12H,1-6H3,(H,17,18). The van der Waals surface area contributed by atoms with Crippen LogP contribution in [-0.2, 0) is 9.05 Å². The number of benzene rings is 1. The van der Waals surface area contributed by atoms with Crippen LogP contribution in [0.3, 0.4) is 0 Å². The van der Waals surface area contributed by atoms with Crippen molar-refractivity contribution in [3.63, 3.8) is 0 Å². The summed E-state index contributed by atoms with van der Waals surface area (Å²) in [5.74, 6) is 0.0176. The van der Waals surface area contributed by atoms with E-state index in [1.165, 1.54) is 0 Å². The Balaban J connectivity index is 3.41. The average molecular weight is 332 g/mol. The highest BCUT2D eigenvalue weighted by atomic mass is 35.7. The van der Waals surface area contributed by atoms with Gasteiger partial charge in [0.2, 0.25) is 0 Å². The number of aryl methyl sites for hydroxylation is 2. The van der Waals surface area contributed by atoms with Crippen molar-refractivity contribution in [3.05, 3.63) is 28.3 Å². The first-order valence-corrected chi connectivity index (χ1v) is 9.14. The highest BCUT2D eigenvalue weighted by molar-refractivity contribution is 8.13. The van der Waals surface area contributed by atoms with Crippen LogP contribution in [0.4, 0.5) is 0 Å². The molecule has 0 saturated heterocycles. The van der Waals surface area contributed by atoms with Gasteiger partial charge in [0, 0.05) is 22.3 Å². The van der Waals surface area contributed by atoms with Crippen LogP contribution in [0, 0.1) is 26.7 Å². The Labute approximate surface area is 131 Å². The summed E-state index contributed by atoms with van der Waals surface area (Å²) in [6, 6.07) is 1.67. The summed E-state index contributed by atoms with van der Waals surface area (Å²) in [5, 5.41) is 2.90. The smallest absolute Gasteiger partial charge is 0.261 e. The van der Waals surface area contributed by atoms with Gasteiger partial charge >= 0.3 is 0 Å². The Hall–Kier alpha value is -1.07. The molecule has 1 rings (SSSR count). The lowest BCUT2D eigenvalue weighted by molar-refractivity contribution is 0.0929. The van der Waals surface area contributed by atoms with Crippen LogP contribution < -0.4 is 5.32 Å². The third-order valence-corrected chi connectivity index (χ3v) is 5.31. The highest BCUT2D eigenvalue weighted by Gasteiger charge is 2.24. The summed E-state index contributed by atoms with van der Waals surface area (Å²) in [6.07, 6.45) is 0. The highest BCUT2D eigenvalue weighted by Crippen LogP contribution is 2.29. The van der Waals surface area contributed by atoms with Gasteiger partial charge in [-0.25, -0.2) is 8.42 Å². The van der Waals surface area contributed by atoms with Crippen molar-refractivity contribution in [2.75, 3.05) is 0 Å². The van der Waals surface area contributed by atoms with E-state index in [9.17, 15) is 13.2 Å². The van der Waals surface area contributed by atoms with Gasteiger partial charge in [-0.3, -0.25) is 4.79 Å². The number of hydrogen-bond acceptors (Lipinski definition) is 3. The molecule has 4 nitrogen and oxygen atoms in total.